The van der Waals surface area contributed by atoms with Crippen LogP contribution in [0.5, 0.6) is 0 Å². The number of ether oxygens (including phenoxy) is 2. The molecule has 3 aromatic rings. The molecule has 1 heterocycles. The van der Waals surface area contributed by atoms with Crippen molar-refractivity contribution in [1.82, 2.24) is 10.1 Å². The number of aromatic nitrogens is 2. The molecule has 0 saturated heterocycles. The molecular formula is C20H20N4O6. The van der Waals surface area contributed by atoms with Crippen LogP contribution in [0, 0.1) is 17.0 Å². The number of non-ortho nitro benzene ring substituents is 1. The highest BCUT2D eigenvalue weighted by Gasteiger charge is 2.19. The lowest BCUT2D eigenvalue weighted by Gasteiger charge is -2.11. The van der Waals surface area contributed by atoms with Crippen LogP contribution in [0.2, 0.25) is 0 Å². The van der Waals surface area contributed by atoms with Crippen molar-refractivity contribution in [3.05, 3.63) is 69.6 Å². The predicted molar refractivity (Wildman–Crippen MR) is 107 cm³/mol. The number of carbonyl (C=O) groups is 1. The van der Waals surface area contributed by atoms with E-state index in [0.717, 1.165) is 17.2 Å². The van der Waals surface area contributed by atoms with Crippen LogP contribution in [0.15, 0.2) is 47.0 Å². The molecule has 0 spiro atoms. The van der Waals surface area contributed by atoms with Crippen LogP contribution in [-0.4, -0.2) is 41.3 Å². The summed E-state index contributed by atoms with van der Waals surface area (Å²) in [7, 11) is 1.54. The van der Waals surface area contributed by atoms with Gasteiger partial charge in [0.1, 0.15) is 0 Å². The molecule has 156 valence electrons. The van der Waals surface area contributed by atoms with Gasteiger partial charge in [0.05, 0.1) is 17.1 Å². The van der Waals surface area contributed by atoms with E-state index in [2.05, 4.69) is 15.5 Å². The number of hydrogen-bond acceptors (Lipinski definition) is 9. The summed E-state index contributed by atoms with van der Waals surface area (Å²) in [5.41, 5.74) is 1.99. The highest BCUT2D eigenvalue weighted by atomic mass is 16.6. The molecule has 10 heteroatoms. The fraction of sp³-hybridized carbons (Fsp3) is 0.250. The molecular weight excluding hydrogens is 392 g/mol. The summed E-state index contributed by atoms with van der Waals surface area (Å²) < 4.78 is 15.4. The number of aryl methyl sites for hydroxylation is 1. The maximum Gasteiger partial charge on any atom is 0.341 e. The van der Waals surface area contributed by atoms with Crippen LogP contribution >= 0.6 is 0 Å². The first-order chi connectivity index (χ1) is 14.5. The van der Waals surface area contributed by atoms with E-state index in [1.54, 1.807) is 7.11 Å². The number of nitrogens with one attached hydrogen (secondary N) is 1. The van der Waals surface area contributed by atoms with Gasteiger partial charge in [0, 0.05) is 37.0 Å². The Morgan fingerprint density at radius 3 is 2.80 bits per heavy atom. The summed E-state index contributed by atoms with van der Waals surface area (Å²) in [6.07, 6.45) is 0. The number of rotatable bonds is 9. The van der Waals surface area contributed by atoms with Gasteiger partial charge in [-0.15, -0.1) is 0 Å². The largest absolute Gasteiger partial charge is 0.452 e. The maximum absolute atomic E-state index is 12.6. The molecule has 0 aliphatic heterocycles. The van der Waals surface area contributed by atoms with Crippen LogP contribution < -0.4 is 5.32 Å². The third-order valence-corrected chi connectivity index (χ3v) is 4.24. The molecule has 1 aromatic heterocycles. The number of benzene rings is 2. The van der Waals surface area contributed by atoms with E-state index in [-0.39, 0.29) is 23.7 Å². The zero-order chi connectivity index (χ0) is 21.5. The van der Waals surface area contributed by atoms with Crippen molar-refractivity contribution in [3.8, 4) is 11.4 Å². The summed E-state index contributed by atoms with van der Waals surface area (Å²) >= 11 is 0. The van der Waals surface area contributed by atoms with Gasteiger partial charge < -0.3 is 19.3 Å². The van der Waals surface area contributed by atoms with Crippen molar-refractivity contribution in [2.45, 2.75) is 13.5 Å². The number of hydrogen-bond donors (Lipinski definition) is 1. The Kier molecular flexibility index (Phi) is 6.71. The predicted octanol–water partition coefficient (Wildman–Crippen LogP) is 3.37. The van der Waals surface area contributed by atoms with Gasteiger partial charge in [-0.25, -0.2) is 4.79 Å². The van der Waals surface area contributed by atoms with Crippen molar-refractivity contribution in [1.29, 1.82) is 0 Å². The fourth-order valence-electron chi connectivity index (χ4n) is 2.71. The number of nitro benzene ring substituents is 1. The molecule has 0 bridgehead atoms. The second-order valence-corrected chi connectivity index (χ2v) is 6.31. The monoisotopic (exact) mass is 412 g/mol. The van der Waals surface area contributed by atoms with Crippen LogP contribution in [0.3, 0.4) is 0 Å². The molecule has 3 rings (SSSR count). The van der Waals surface area contributed by atoms with Crippen molar-refractivity contribution >= 4 is 17.3 Å². The number of carbonyl (C=O) groups excluding carboxylic acids is 1. The molecule has 0 amide bonds. The zero-order valence-corrected chi connectivity index (χ0v) is 16.5. The maximum atomic E-state index is 12.6. The SMILES string of the molecule is COCCNc1ccc([N+](=O)[O-])cc1C(=O)OCc1nc(-c2ccccc2C)no1. The van der Waals surface area contributed by atoms with E-state index in [0.29, 0.717) is 24.7 Å². The third kappa shape index (κ3) is 4.97. The average molecular weight is 412 g/mol. The fourth-order valence-corrected chi connectivity index (χ4v) is 2.71. The minimum absolute atomic E-state index is 0.0268. The average Bonchev–Trinajstić information content (AvgIpc) is 3.21. The summed E-state index contributed by atoms with van der Waals surface area (Å²) in [4.78, 5) is 27.3. The lowest BCUT2D eigenvalue weighted by Crippen LogP contribution is -2.13. The highest BCUT2D eigenvalue weighted by Crippen LogP contribution is 2.24. The molecule has 0 unspecified atom stereocenters. The van der Waals surface area contributed by atoms with E-state index in [1.807, 2.05) is 31.2 Å². The second kappa shape index (κ2) is 9.61. The van der Waals surface area contributed by atoms with Gasteiger partial charge in [0.15, 0.2) is 6.61 Å². The number of nitro groups is 1. The van der Waals surface area contributed by atoms with Crippen LogP contribution in [-0.2, 0) is 16.1 Å². The van der Waals surface area contributed by atoms with Gasteiger partial charge in [-0.3, -0.25) is 10.1 Å². The van der Waals surface area contributed by atoms with Gasteiger partial charge >= 0.3 is 5.97 Å². The Balaban J connectivity index is 1.73. The summed E-state index contributed by atoms with van der Waals surface area (Å²) in [5.74, 6) is -0.258. The van der Waals surface area contributed by atoms with E-state index in [4.69, 9.17) is 14.0 Å². The number of anilines is 1. The van der Waals surface area contributed by atoms with E-state index < -0.39 is 10.9 Å². The number of nitrogens with zero attached hydrogens (tertiary/aromatic N) is 3. The first kappa shape index (κ1) is 20.9. The molecule has 0 aliphatic rings. The zero-order valence-electron chi connectivity index (χ0n) is 16.5. The smallest absolute Gasteiger partial charge is 0.341 e. The van der Waals surface area contributed by atoms with Crippen LogP contribution in [0.4, 0.5) is 11.4 Å². The molecule has 1 N–H and O–H groups in total. The quantitative estimate of drug-likeness (QED) is 0.243. The van der Waals surface area contributed by atoms with Crippen LogP contribution in [0.1, 0.15) is 21.8 Å². The highest BCUT2D eigenvalue weighted by molar-refractivity contribution is 5.96. The number of methoxy groups -OCH3 is 1. The van der Waals surface area contributed by atoms with Gasteiger partial charge in [0.2, 0.25) is 5.82 Å². The summed E-state index contributed by atoms with van der Waals surface area (Å²) in [6, 6.07) is 11.5. The normalized spacial score (nSPS) is 10.6. The first-order valence-corrected chi connectivity index (χ1v) is 9.06. The van der Waals surface area contributed by atoms with Gasteiger partial charge in [-0.05, 0) is 18.6 Å². The minimum Gasteiger partial charge on any atom is -0.452 e. The Morgan fingerprint density at radius 1 is 1.27 bits per heavy atom. The van der Waals surface area contributed by atoms with E-state index in [9.17, 15) is 14.9 Å². The summed E-state index contributed by atoms with van der Waals surface area (Å²) in [5, 5.41) is 18.0. The van der Waals surface area contributed by atoms with Gasteiger partial charge in [-0.1, -0.05) is 29.4 Å². The Morgan fingerprint density at radius 2 is 2.07 bits per heavy atom. The van der Waals surface area contributed by atoms with Gasteiger partial charge in [-0.2, -0.15) is 4.98 Å². The standard InChI is InChI=1S/C20H20N4O6/c1-13-5-3-4-6-15(13)19-22-18(30-23-19)12-29-20(25)16-11-14(24(26)27)7-8-17(16)21-9-10-28-2/h3-8,11,21H,9-10,12H2,1-2H3. The molecule has 0 aliphatic carbocycles. The van der Waals surface area contributed by atoms with Crippen LogP contribution in [0.25, 0.3) is 11.4 Å². The Hall–Kier alpha value is -3.79. The topological polar surface area (TPSA) is 130 Å². The Bertz CT molecular complexity index is 1050. The lowest BCUT2D eigenvalue weighted by molar-refractivity contribution is -0.384. The molecule has 0 radical (unpaired) electrons. The molecule has 0 fully saturated rings. The minimum atomic E-state index is -0.755. The molecule has 2 aromatic carbocycles. The third-order valence-electron chi connectivity index (χ3n) is 4.24. The lowest BCUT2D eigenvalue weighted by atomic mass is 10.1. The first-order valence-electron chi connectivity index (χ1n) is 9.06. The summed E-state index contributed by atoms with van der Waals surface area (Å²) in [6.45, 7) is 2.47. The molecule has 0 saturated carbocycles. The number of esters is 1. The van der Waals surface area contributed by atoms with Gasteiger partial charge in [0.25, 0.3) is 11.6 Å². The Labute approximate surface area is 172 Å². The van der Waals surface area contributed by atoms with E-state index >= 15 is 0 Å². The molecule has 0 atom stereocenters. The van der Waals surface area contributed by atoms with Crippen molar-refractivity contribution in [2.75, 3.05) is 25.6 Å². The van der Waals surface area contributed by atoms with Crippen molar-refractivity contribution < 1.29 is 23.7 Å². The van der Waals surface area contributed by atoms with Crippen molar-refractivity contribution in [2.24, 2.45) is 0 Å². The van der Waals surface area contributed by atoms with Crippen molar-refractivity contribution in [3.63, 3.8) is 0 Å². The molecule has 10 nitrogen and oxygen atoms in total. The molecule has 30 heavy (non-hydrogen) atoms. The van der Waals surface area contributed by atoms with E-state index in [1.165, 1.54) is 12.1 Å². The second-order valence-electron chi connectivity index (χ2n) is 6.31.